The fourth-order valence-corrected chi connectivity index (χ4v) is 4.44. The summed E-state index contributed by atoms with van der Waals surface area (Å²) in [6, 6.07) is 9.72. The Kier molecular flexibility index (Phi) is 4.14. The lowest BCUT2D eigenvalue weighted by molar-refractivity contribution is 0.178. The fourth-order valence-electron chi connectivity index (χ4n) is 4.44. The molecular weight excluding hydrogens is 256 g/mol. The molecule has 1 aliphatic heterocycles. The van der Waals surface area contributed by atoms with E-state index in [-0.39, 0.29) is 0 Å². The molecule has 1 saturated carbocycles. The molecule has 2 fully saturated rings. The van der Waals surface area contributed by atoms with E-state index in [0.717, 1.165) is 5.92 Å². The van der Waals surface area contributed by atoms with Crippen molar-refractivity contribution in [1.82, 2.24) is 0 Å². The Morgan fingerprint density at radius 1 is 1.05 bits per heavy atom. The molecule has 2 heteroatoms. The molecule has 1 aromatic rings. The minimum Gasteiger partial charge on any atom is -0.382 e. The van der Waals surface area contributed by atoms with Crippen LogP contribution in [-0.2, 0) is 0 Å². The lowest BCUT2D eigenvalue weighted by Crippen LogP contribution is -2.35. The standard InChI is InChI=1S/C19H30N2/c1-15-12-17(14-19(2,3)13-15)20-16-6-8-18(9-7-16)21-10-4-5-11-21/h6-9,15,17,20H,4-5,10-14H2,1-3H3. The number of nitrogens with one attached hydrogen (secondary N) is 1. The summed E-state index contributed by atoms with van der Waals surface area (Å²) in [6.07, 6.45) is 6.63. The van der Waals surface area contributed by atoms with Gasteiger partial charge in [0.2, 0.25) is 0 Å². The van der Waals surface area contributed by atoms with Crippen molar-refractivity contribution >= 4 is 11.4 Å². The number of nitrogens with zero attached hydrogens (tertiary/aromatic N) is 1. The van der Waals surface area contributed by atoms with Crippen LogP contribution in [0.5, 0.6) is 0 Å². The van der Waals surface area contributed by atoms with Crippen LogP contribution in [0.3, 0.4) is 0 Å². The number of hydrogen-bond donors (Lipinski definition) is 1. The van der Waals surface area contributed by atoms with Gasteiger partial charge in [-0.3, -0.25) is 0 Å². The molecule has 0 aromatic heterocycles. The minimum atomic E-state index is 0.477. The Morgan fingerprint density at radius 2 is 1.71 bits per heavy atom. The molecule has 2 aliphatic rings. The zero-order chi connectivity index (χ0) is 14.9. The molecule has 1 saturated heterocycles. The first kappa shape index (κ1) is 14.7. The Morgan fingerprint density at radius 3 is 2.33 bits per heavy atom. The van der Waals surface area contributed by atoms with Gasteiger partial charge in [-0.15, -0.1) is 0 Å². The SMILES string of the molecule is CC1CC(Nc2ccc(N3CCCC3)cc2)CC(C)(C)C1. The predicted octanol–water partition coefficient (Wildman–Crippen LogP) is 4.91. The van der Waals surface area contributed by atoms with E-state index in [2.05, 4.69) is 55.3 Å². The molecule has 2 nitrogen and oxygen atoms in total. The summed E-state index contributed by atoms with van der Waals surface area (Å²) < 4.78 is 0. The van der Waals surface area contributed by atoms with Gasteiger partial charge in [0, 0.05) is 30.5 Å². The van der Waals surface area contributed by atoms with Crippen LogP contribution in [0.1, 0.15) is 52.9 Å². The van der Waals surface area contributed by atoms with Gasteiger partial charge in [-0.1, -0.05) is 20.8 Å². The molecule has 1 aliphatic carbocycles. The highest BCUT2D eigenvalue weighted by Crippen LogP contribution is 2.39. The maximum atomic E-state index is 3.77. The van der Waals surface area contributed by atoms with Crippen LogP contribution in [0.4, 0.5) is 11.4 Å². The summed E-state index contributed by atoms with van der Waals surface area (Å²) in [5.41, 5.74) is 3.15. The molecule has 3 rings (SSSR count). The van der Waals surface area contributed by atoms with Crippen molar-refractivity contribution in [2.45, 2.75) is 58.9 Å². The number of benzene rings is 1. The van der Waals surface area contributed by atoms with E-state index in [1.54, 1.807) is 0 Å². The fraction of sp³-hybridized carbons (Fsp3) is 0.684. The van der Waals surface area contributed by atoms with E-state index < -0.39 is 0 Å². The highest BCUT2D eigenvalue weighted by molar-refractivity contribution is 5.55. The topological polar surface area (TPSA) is 15.3 Å². The average molecular weight is 286 g/mol. The number of hydrogen-bond acceptors (Lipinski definition) is 2. The van der Waals surface area contributed by atoms with Crippen molar-refractivity contribution in [2.24, 2.45) is 11.3 Å². The molecule has 0 bridgehead atoms. The first-order chi connectivity index (χ1) is 10.0. The van der Waals surface area contributed by atoms with Gasteiger partial charge in [0.15, 0.2) is 0 Å². The third-order valence-corrected chi connectivity index (χ3v) is 5.10. The molecule has 2 atom stereocenters. The molecule has 0 amide bonds. The molecule has 116 valence electrons. The Balaban J connectivity index is 1.62. The molecule has 2 unspecified atom stereocenters. The minimum absolute atomic E-state index is 0.477. The Labute approximate surface area is 129 Å². The zero-order valence-electron chi connectivity index (χ0n) is 13.9. The van der Waals surface area contributed by atoms with Gasteiger partial charge < -0.3 is 10.2 Å². The van der Waals surface area contributed by atoms with Gasteiger partial charge >= 0.3 is 0 Å². The van der Waals surface area contributed by atoms with Crippen molar-refractivity contribution in [1.29, 1.82) is 0 Å². The van der Waals surface area contributed by atoms with Gasteiger partial charge in [0.1, 0.15) is 0 Å². The van der Waals surface area contributed by atoms with Crippen molar-refractivity contribution in [3.63, 3.8) is 0 Å². The summed E-state index contributed by atoms with van der Waals surface area (Å²) in [6.45, 7) is 9.66. The maximum Gasteiger partial charge on any atom is 0.0367 e. The summed E-state index contributed by atoms with van der Waals surface area (Å²) in [5.74, 6) is 0.829. The molecule has 1 heterocycles. The predicted molar refractivity (Wildman–Crippen MR) is 92.1 cm³/mol. The van der Waals surface area contributed by atoms with Crippen LogP contribution in [0.25, 0.3) is 0 Å². The molecule has 21 heavy (non-hydrogen) atoms. The second-order valence-electron chi connectivity index (χ2n) is 8.00. The zero-order valence-corrected chi connectivity index (χ0v) is 13.9. The van der Waals surface area contributed by atoms with Gasteiger partial charge in [-0.05, 0) is 67.7 Å². The van der Waals surface area contributed by atoms with Crippen LogP contribution in [-0.4, -0.2) is 19.1 Å². The molecule has 0 spiro atoms. The van der Waals surface area contributed by atoms with Crippen LogP contribution in [0.15, 0.2) is 24.3 Å². The normalized spacial score (nSPS) is 28.6. The largest absolute Gasteiger partial charge is 0.382 e. The van der Waals surface area contributed by atoms with Crippen LogP contribution < -0.4 is 10.2 Å². The first-order valence-corrected chi connectivity index (χ1v) is 8.63. The van der Waals surface area contributed by atoms with Gasteiger partial charge in [0.05, 0.1) is 0 Å². The summed E-state index contributed by atoms with van der Waals surface area (Å²) >= 11 is 0. The second-order valence-corrected chi connectivity index (χ2v) is 8.00. The summed E-state index contributed by atoms with van der Waals surface area (Å²) in [5, 5.41) is 3.77. The number of anilines is 2. The van der Waals surface area contributed by atoms with Crippen LogP contribution in [0, 0.1) is 11.3 Å². The Bertz CT molecular complexity index is 457. The van der Waals surface area contributed by atoms with E-state index in [1.165, 1.54) is 56.6 Å². The first-order valence-electron chi connectivity index (χ1n) is 8.63. The van der Waals surface area contributed by atoms with Crippen molar-refractivity contribution in [2.75, 3.05) is 23.3 Å². The third kappa shape index (κ3) is 3.72. The van der Waals surface area contributed by atoms with Gasteiger partial charge in [0.25, 0.3) is 0 Å². The van der Waals surface area contributed by atoms with Gasteiger partial charge in [-0.2, -0.15) is 0 Å². The van der Waals surface area contributed by atoms with E-state index >= 15 is 0 Å². The lowest BCUT2D eigenvalue weighted by atomic mass is 9.70. The average Bonchev–Trinajstić information content (AvgIpc) is 2.91. The highest BCUT2D eigenvalue weighted by atomic mass is 15.1. The molecular formula is C19H30N2. The smallest absolute Gasteiger partial charge is 0.0367 e. The summed E-state index contributed by atoms with van der Waals surface area (Å²) in [4.78, 5) is 2.50. The Hall–Kier alpha value is -1.18. The van der Waals surface area contributed by atoms with E-state index in [0.29, 0.717) is 11.5 Å². The third-order valence-electron chi connectivity index (χ3n) is 5.10. The molecule has 0 radical (unpaired) electrons. The summed E-state index contributed by atoms with van der Waals surface area (Å²) in [7, 11) is 0. The van der Waals surface area contributed by atoms with Crippen LogP contribution in [0.2, 0.25) is 0 Å². The van der Waals surface area contributed by atoms with Crippen molar-refractivity contribution < 1.29 is 0 Å². The maximum absolute atomic E-state index is 3.77. The van der Waals surface area contributed by atoms with E-state index in [4.69, 9.17) is 0 Å². The monoisotopic (exact) mass is 286 g/mol. The van der Waals surface area contributed by atoms with E-state index in [1.807, 2.05) is 0 Å². The van der Waals surface area contributed by atoms with E-state index in [9.17, 15) is 0 Å². The van der Waals surface area contributed by atoms with Gasteiger partial charge in [-0.25, -0.2) is 0 Å². The van der Waals surface area contributed by atoms with Crippen molar-refractivity contribution in [3.8, 4) is 0 Å². The quantitative estimate of drug-likeness (QED) is 0.849. The molecule has 1 aromatic carbocycles. The lowest BCUT2D eigenvalue weighted by Gasteiger charge is -2.39. The molecule has 1 N–H and O–H groups in total. The highest BCUT2D eigenvalue weighted by Gasteiger charge is 2.31. The second kappa shape index (κ2) is 5.90. The van der Waals surface area contributed by atoms with Crippen molar-refractivity contribution in [3.05, 3.63) is 24.3 Å². The van der Waals surface area contributed by atoms with Crippen LogP contribution >= 0.6 is 0 Å². The number of rotatable bonds is 3.